The molecule has 2 saturated heterocycles. The first-order valence-corrected chi connectivity index (χ1v) is 13.5. The lowest BCUT2D eigenvalue weighted by atomic mass is 9.97. The Balaban J connectivity index is 1.43. The number of nitrogens with zero attached hydrogens (tertiary/aromatic N) is 3. The number of hydrogen-bond donors (Lipinski definition) is 0. The lowest BCUT2D eigenvalue weighted by molar-refractivity contribution is -0.137. The van der Waals surface area contributed by atoms with Crippen LogP contribution in [0.25, 0.3) is 0 Å². The molecule has 1 amide bonds. The molecule has 1 atom stereocenters. The van der Waals surface area contributed by atoms with Crippen molar-refractivity contribution >= 4 is 33.2 Å². The fraction of sp³-hybridized carbons (Fsp3) is 0.480. The van der Waals surface area contributed by atoms with Gasteiger partial charge in [0.2, 0.25) is 15.9 Å². The summed E-state index contributed by atoms with van der Waals surface area (Å²) in [5.74, 6) is -0.0556. The summed E-state index contributed by atoms with van der Waals surface area (Å²) in [6.45, 7) is 7.61. The Kier molecular flexibility index (Phi) is 7.40. The number of hydrogen-bond acceptors (Lipinski definition) is 5. The minimum Gasteiger partial charge on any atom is -0.495 e. The Morgan fingerprint density at radius 3 is 2.50 bits per heavy atom. The molecule has 9 heteroatoms. The zero-order valence-corrected chi connectivity index (χ0v) is 21.5. The molecule has 0 N–H and O–H groups in total. The molecule has 0 spiro atoms. The maximum Gasteiger partial charge on any atom is 0.246 e. The first kappa shape index (κ1) is 24.8. The molecule has 7 nitrogen and oxygen atoms in total. The Hall–Kier alpha value is -2.29. The number of halogens is 1. The van der Waals surface area contributed by atoms with Gasteiger partial charge >= 0.3 is 0 Å². The minimum atomic E-state index is -3.83. The lowest BCUT2D eigenvalue weighted by Crippen LogP contribution is -2.53. The van der Waals surface area contributed by atoms with Crippen LogP contribution in [0.15, 0.2) is 41.3 Å². The van der Waals surface area contributed by atoms with Crippen LogP contribution in [0, 0.1) is 19.8 Å². The van der Waals surface area contributed by atoms with E-state index in [1.54, 1.807) is 12.1 Å². The molecule has 2 aliphatic rings. The Bertz CT molecular complexity index is 1160. The van der Waals surface area contributed by atoms with E-state index >= 15 is 0 Å². The largest absolute Gasteiger partial charge is 0.495 e. The summed E-state index contributed by atoms with van der Waals surface area (Å²) in [6, 6.07) is 10.9. The SMILES string of the molecule is COc1ccc(Cl)cc1S(=O)(=O)N1CCC[C@@H](C(=O)N2CCN(c3cccc(C)c3C)CC2)C1. The summed E-state index contributed by atoms with van der Waals surface area (Å²) < 4.78 is 33.4. The Morgan fingerprint density at radius 2 is 1.79 bits per heavy atom. The molecule has 4 rings (SSSR count). The second-order valence-electron chi connectivity index (χ2n) is 9.03. The summed E-state index contributed by atoms with van der Waals surface area (Å²) in [6.07, 6.45) is 1.33. The molecule has 2 aromatic rings. The van der Waals surface area contributed by atoms with E-state index in [-0.39, 0.29) is 29.0 Å². The standard InChI is InChI=1S/C25H32ClN3O4S/c1-18-6-4-8-22(19(18)2)27-12-14-28(15-13-27)25(30)20-7-5-11-29(17-20)34(31,32)24-16-21(26)9-10-23(24)33-3/h4,6,8-10,16,20H,5,7,11-15,17H2,1-3H3/t20-/m1/s1. The maximum absolute atomic E-state index is 13.4. The average Bonchev–Trinajstić information content (AvgIpc) is 2.85. The van der Waals surface area contributed by atoms with Gasteiger partial charge in [0.1, 0.15) is 10.6 Å². The highest BCUT2D eigenvalue weighted by Crippen LogP contribution is 2.32. The highest BCUT2D eigenvalue weighted by molar-refractivity contribution is 7.89. The molecule has 2 fully saturated rings. The van der Waals surface area contributed by atoms with Crippen LogP contribution < -0.4 is 9.64 Å². The summed E-state index contributed by atoms with van der Waals surface area (Å²) in [7, 11) is -2.40. The average molecular weight is 506 g/mol. The smallest absolute Gasteiger partial charge is 0.246 e. The summed E-state index contributed by atoms with van der Waals surface area (Å²) in [5, 5.41) is 0.325. The first-order valence-electron chi connectivity index (χ1n) is 11.7. The van der Waals surface area contributed by atoms with Gasteiger partial charge in [0.15, 0.2) is 0 Å². The number of piperazine rings is 1. The second kappa shape index (κ2) is 10.1. The van der Waals surface area contributed by atoms with Gasteiger partial charge in [-0.15, -0.1) is 0 Å². The number of rotatable bonds is 5. The van der Waals surface area contributed by atoms with Crippen molar-refractivity contribution in [1.82, 2.24) is 9.21 Å². The number of carbonyl (C=O) groups is 1. The first-order chi connectivity index (χ1) is 16.2. The van der Waals surface area contributed by atoms with Gasteiger partial charge < -0.3 is 14.5 Å². The van der Waals surface area contributed by atoms with Crippen molar-refractivity contribution in [2.75, 3.05) is 51.3 Å². The predicted molar refractivity (Wildman–Crippen MR) is 134 cm³/mol. The van der Waals surface area contributed by atoms with Crippen LogP contribution in [0.2, 0.25) is 5.02 Å². The highest BCUT2D eigenvalue weighted by atomic mass is 35.5. The highest BCUT2D eigenvalue weighted by Gasteiger charge is 2.37. The lowest BCUT2D eigenvalue weighted by Gasteiger charge is -2.40. The minimum absolute atomic E-state index is 0.0396. The van der Waals surface area contributed by atoms with Crippen LogP contribution in [0.4, 0.5) is 5.69 Å². The van der Waals surface area contributed by atoms with Crippen LogP contribution in [-0.2, 0) is 14.8 Å². The summed E-state index contributed by atoms with van der Waals surface area (Å²) >= 11 is 6.07. The Labute approximate surface area is 207 Å². The van der Waals surface area contributed by atoms with Gasteiger partial charge in [0, 0.05) is 50.0 Å². The number of aryl methyl sites for hydroxylation is 1. The van der Waals surface area contributed by atoms with Crippen LogP contribution in [0.3, 0.4) is 0 Å². The van der Waals surface area contributed by atoms with Gasteiger partial charge in [-0.3, -0.25) is 4.79 Å². The van der Waals surface area contributed by atoms with Crippen molar-refractivity contribution in [1.29, 1.82) is 0 Å². The molecule has 0 aromatic heterocycles. The number of methoxy groups -OCH3 is 1. The van der Waals surface area contributed by atoms with E-state index in [9.17, 15) is 13.2 Å². The third-order valence-corrected chi connectivity index (χ3v) is 9.11. The maximum atomic E-state index is 13.4. The van der Waals surface area contributed by atoms with Crippen molar-refractivity contribution < 1.29 is 17.9 Å². The number of ether oxygens (including phenoxy) is 1. The van der Waals surface area contributed by atoms with Gasteiger partial charge in [-0.05, 0) is 62.1 Å². The van der Waals surface area contributed by atoms with Crippen LogP contribution in [-0.4, -0.2) is 69.9 Å². The van der Waals surface area contributed by atoms with E-state index in [4.69, 9.17) is 16.3 Å². The molecule has 2 aromatic carbocycles. The fourth-order valence-corrected chi connectivity index (χ4v) is 6.80. The van der Waals surface area contributed by atoms with Gasteiger partial charge in [0.05, 0.1) is 13.0 Å². The molecule has 0 bridgehead atoms. The molecule has 0 saturated carbocycles. The molecule has 0 unspecified atom stereocenters. The number of anilines is 1. The summed E-state index contributed by atoms with van der Waals surface area (Å²) in [5.41, 5.74) is 3.75. The third kappa shape index (κ3) is 4.90. The van der Waals surface area contributed by atoms with E-state index < -0.39 is 10.0 Å². The molecule has 2 heterocycles. The molecule has 184 valence electrons. The monoisotopic (exact) mass is 505 g/mol. The molecule has 34 heavy (non-hydrogen) atoms. The molecule has 2 aliphatic heterocycles. The van der Waals surface area contributed by atoms with Gasteiger partial charge in [-0.25, -0.2) is 8.42 Å². The number of carbonyl (C=O) groups excluding carboxylic acids is 1. The van der Waals surface area contributed by atoms with Crippen molar-refractivity contribution in [2.45, 2.75) is 31.6 Å². The van der Waals surface area contributed by atoms with Crippen LogP contribution in [0.5, 0.6) is 5.75 Å². The number of benzene rings is 2. The molecule has 0 aliphatic carbocycles. The molecule has 0 radical (unpaired) electrons. The van der Waals surface area contributed by atoms with Gasteiger partial charge in [0.25, 0.3) is 0 Å². The number of sulfonamides is 1. The van der Waals surface area contributed by atoms with Gasteiger partial charge in [-0.1, -0.05) is 23.7 Å². The zero-order chi connectivity index (χ0) is 24.5. The van der Waals surface area contributed by atoms with Crippen LogP contribution >= 0.6 is 11.6 Å². The molecular weight excluding hydrogens is 474 g/mol. The zero-order valence-electron chi connectivity index (χ0n) is 20.0. The van der Waals surface area contributed by atoms with E-state index in [1.165, 1.54) is 34.3 Å². The van der Waals surface area contributed by atoms with Crippen molar-refractivity contribution in [3.8, 4) is 5.75 Å². The second-order valence-corrected chi connectivity index (χ2v) is 11.4. The van der Waals surface area contributed by atoms with Gasteiger partial charge in [-0.2, -0.15) is 4.31 Å². The van der Waals surface area contributed by atoms with E-state index in [0.717, 1.165) is 13.1 Å². The summed E-state index contributed by atoms with van der Waals surface area (Å²) in [4.78, 5) is 17.6. The predicted octanol–water partition coefficient (Wildman–Crippen LogP) is 3.71. The van der Waals surface area contributed by atoms with Crippen molar-refractivity contribution in [2.24, 2.45) is 5.92 Å². The number of piperidine rings is 1. The van der Waals surface area contributed by atoms with Crippen LogP contribution in [0.1, 0.15) is 24.0 Å². The Morgan fingerprint density at radius 1 is 1.06 bits per heavy atom. The van der Waals surface area contributed by atoms with E-state index in [1.807, 2.05) is 4.90 Å². The number of amides is 1. The van der Waals surface area contributed by atoms with E-state index in [2.05, 4.69) is 36.9 Å². The molecular formula is C25H32ClN3O4S. The van der Waals surface area contributed by atoms with E-state index in [0.29, 0.717) is 37.5 Å². The third-order valence-electron chi connectivity index (χ3n) is 6.98. The van der Waals surface area contributed by atoms with Crippen molar-refractivity contribution in [3.05, 3.63) is 52.5 Å². The van der Waals surface area contributed by atoms with Crippen molar-refractivity contribution in [3.63, 3.8) is 0 Å². The normalized spacial score (nSPS) is 19.8. The quantitative estimate of drug-likeness (QED) is 0.619. The topological polar surface area (TPSA) is 70.2 Å². The fourth-order valence-electron chi connectivity index (χ4n) is 4.86.